The van der Waals surface area contributed by atoms with E-state index in [0.717, 1.165) is 16.7 Å². The second kappa shape index (κ2) is 9.06. The third-order valence-electron chi connectivity index (χ3n) is 4.61. The van der Waals surface area contributed by atoms with Crippen molar-refractivity contribution < 1.29 is 14.0 Å². The fourth-order valence-electron chi connectivity index (χ4n) is 3.04. The van der Waals surface area contributed by atoms with Crippen LogP contribution in [-0.2, 0) is 4.79 Å². The summed E-state index contributed by atoms with van der Waals surface area (Å²) < 4.78 is 5.32. The third kappa shape index (κ3) is 5.23. The summed E-state index contributed by atoms with van der Waals surface area (Å²) in [6.45, 7) is 5.94. The molecule has 1 aromatic heterocycles. The number of carbonyl (C=O) groups is 2. The van der Waals surface area contributed by atoms with Crippen molar-refractivity contribution in [3.8, 4) is 0 Å². The van der Waals surface area contributed by atoms with Gasteiger partial charge >= 0.3 is 0 Å². The number of furan rings is 1. The molecule has 0 aliphatic carbocycles. The summed E-state index contributed by atoms with van der Waals surface area (Å²) in [6.07, 6.45) is 3.03. The van der Waals surface area contributed by atoms with Gasteiger partial charge in [0.25, 0.3) is 11.8 Å². The Labute approximate surface area is 170 Å². The molecule has 2 N–H and O–H groups in total. The minimum Gasteiger partial charge on any atom is -0.465 e. The Morgan fingerprint density at radius 2 is 1.76 bits per heavy atom. The molecule has 5 heteroatoms. The average molecular weight is 388 g/mol. The first-order chi connectivity index (χ1) is 13.9. The maximum absolute atomic E-state index is 13.0. The zero-order chi connectivity index (χ0) is 20.8. The molecule has 3 aromatic rings. The van der Waals surface area contributed by atoms with Gasteiger partial charge in [-0.15, -0.1) is 0 Å². The van der Waals surface area contributed by atoms with Gasteiger partial charge in [0.15, 0.2) is 0 Å². The second-order valence-corrected chi connectivity index (χ2v) is 6.95. The number of carbonyl (C=O) groups excluding carboxylic acids is 2. The number of amides is 2. The first-order valence-corrected chi connectivity index (χ1v) is 9.43. The van der Waals surface area contributed by atoms with Crippen LogP contribution in [0.2, 0.25) is 0 Å². The highest BCUT2D eigenvalue weighted by molar-refractivity contribution is 6.05. The normalized spacial score (nSPS) is 12.3. The molecule has 0 fully saturated rings. The van der Waals surface area contributed by atoms with E-state index in [-0.39, 0.29) is 23.6 Å². The first kappa shape index (κ1) is 20.1. The van der Waals surface area contributed by atoms with E-state index in [1.807, 2.05) is 39.0 Å². The Morgan fingerprint density at radius 1 is 1.00 bits per heavy atom. The van der Waals surface area contributed by atoms with Crippen molar-refractivity contribution in [3.05, 3.63) is 101 Å². The molecule has 2 aromatic carbocycles. The van der Waals surface area contributed by atoms with E-state index in [0.29, 0.717) is 11.3 Å². The highest BCUT2D eigenvalue weighted by atomic mass is 16.3. The molecule has 1 atom stereocenters. The summed E-state index contributed by atoms with van der Waals surface area (Å²) in [7, 11) is 0. The molecule has 0 bridgehead atoms. The predicted octanol–water partition coefficient (Wildman–Crippen LogP) is 4.54. The number of rotatable bonds is 6. The van der Waals surface area contributed by atoms with Crippen LogP contribution in [0.5, 0.6) is 0 Å². The summed E-state index contributed by atoms with van der Waals surface area (Å²) in [5.74, 6) is -0.278. The number of hydrogen-bond donors (Lipinski definition) is 2. The van der Waals surface area contributed by atoms with Crippen LogP contribution in [0.25, 0.3) is 6.08 Å². The van der Waals surface area contributed by atoms with Gasteiger partial charge in [0, 0.05) is 11.6 Å². The Hall–Kier alpha value is -3.60. The fraction of sp³-hybridized carbons (Fsp3) is 0.167. The van der Waals surface area contributed by atoms with Crippen LogP contribution in [0.15, 0.2) is 77.0 Å². The Morgan fingerprint density at radius 3 is 2.45 bits per heavy atom. The maximum Gasteiger partial charge on any atom is 0.268 e. The van der Waals surface area contributed by atoms with Crippen LogP contribution in [0.3, 0.4) is 0 Å². The molecular formula is C24H24N2O3. The van der Waals surface area contributed by atoms with Crippen molar-refractivity contribution in [2.75, 3.05) is 0 Å². The van der Waals surface area contributed by atoms with Crippen LogP contribution in [0.1, 0.15) is 45.8 Å². The van der Waals surface area contributed by atoms with Gasteiger partial charge in [0.05, 0.1) is 12.3 Å². The maximum atomic E-state index is 13.0. The van der Waals surface area contributed by atoms with Crippen LogP contribution in [0, 0.1) is 13.8 Å². The minimum absolute atomic E-state index is 0.117. The number of nitrogens with one attached hydrogen (secondary N) is 2. The number of aryl methyl sites for hydroxylation is 2. The van der Waals surface area contributed by atoms with Gasteiger partial charge in [-0.3, -0.25) is 9.59 Å². The smallest absolute Gasteiger partial charge is 0.268 e. The lowest BCUT2D eigenvalue weighted by Gasteiger charge is -2.19. The summed E-state index contributed by atoms with van der Waals surface area (Å²) in [4.78, 5) is 25.6. The fourth-order valence-corrected chi connectivity index (χ4v) is 3.04. The molecule has 2 amide bonds. The molecule has 0 spiro atoms. The molecule has 5 nitrogen and oxygen atoms in total. The lowest BCUT2D eigenvalue weighted by molar-refractivity contribution is -0.118. The quantitative estimate of drug-likeness (QED) is 0.609. The molecule has 0 radical (unpaired) electrons. The summed E-state index contributed by atoms with van der Waals surface area (Å²) >= 11 is 0. The molecule has 0 saturated carbocycles. The van der Waals surface area contributed by atoms with Gasteiger partial charge < -0.3 is 15.1 Å². The lowest BCUT2D eigenvalue weighted by atomic mass is 10.00. The summed E-state index contributed by atoms with van der Waals surface area (Å²) in [6, 6.07) is 18.1. The van der Waals surface area contributed by atoms with Gasteiger partial charge in [-0.05, 0) is 56.2 Å². The lowest BCUT2D eigenvalue weighted by Crippen LogP contribution is -2.36. The van der Waals surface area contributed by atoms with Crippen LogP contribution in [-0.4, -0.2) is 11.8 Å². The average Bonchev–Trinajstić information content (AvgIpc) is 3.23. The van der Waals surface area contributed by atoms with Gasteiger partial charge in [-0.25, -0.2) is 0 Å². The summed E-state index contributed by atoms with van der Waals surface area (Å²) in [5.41, 5.74) is 3.83. The Kier molecular flexibility index (Phi) is 6.29. The van der Waals surface area contributed by atoms with E-state index in [2.05, 4.69) is 16.7 Å². The molecule has 148 valence electrons. The summed E-state index contributed by atoms with van der Waals surface area (Å²) in [5, 5.41) is 5.67. The van der Waals surface area contributed by atoms with E-state index < -0.39 is 0 Å². The Bertz CT molecular complexity index is 1020. The van der Waals surface area contributed by atoms with E-state index in [4.69, 9.17) is 4.42 Å². The third-order valence-corrected chi connectivity index (χ3v) is 4.61. The molecule has 0 saturated heterocycles. The predicted molar refractivity (Wildman–Crippen MR) is 113 cm³/mol. The standard InChI is InChI=1S/C24H24N2O3/c1-16-11-12-17(2)21(14-16)18(3)25-24(28)22(15-20-10-7-13-29-20)26-23(27)19-8-5-4-6-9-19/h4-15,18H,1-3H3,(H,25,28)(H,26,27)/b22-15-/t18-/m1/s1. The number of hydrogen-bond acceptors (Lipinski definition) is 3. The number of benzene rings is 2. The zero-order valence-electron chi connectivity index (χ0n) is 16.7. The molecular weight excluding hydrogens is 364 g/mol. The molecule has 29 heavy (non-hydrogen) atoms. The monoisotopic (exact) mass is 388 g/mol. The largest absolute Gasteiger partial charge is 0.465 e. The topological polar surface area (TPSA) is 71.3 Å². The van der Waals surface area contributed by atoms with Crippen molar-refractivity contribution in [3.63, 3.8) is 0 Å². The van der Waals surface area contributed by atoms with Crippen molar-refractivity contribution >= 4 is 17.9 Å². The molecule has 0 aliphatic rings. The van der Waals surface area contributed by atoms with E-state index in [9.17, 15) is 9.59 Å². The first-order valence-electron chi connectivity index (χ1n) is 9.43. The highest BCUT2D eigenvalue weighted by Gasteiger charge is 2.18. The van der Waals surface area contributed by atoms with Crippen molar-refractivity contribution in [1.29, 1.82) is 0 Å². The van der Waals surface area contributed by atoms with Crippen LogP contribution >= 0.6 is 0 Å². The van der Waals surface area contributed by atoms with Gasteiger partial charge in [0.2, 0.25) is 0 Å². The van der Waals surface area contributed by atoms with Crippen molar-refractivity contribution in [2.24, 2.45) is 0 Å². The second-order valence-electron chi connectivity index (χ2n) is 6.95. The van der Waals surface area contributed by atoms with Crippen LogP contribution in [0.4, 0.5) is 0 Å². The van der Waals surface area contributed by atoms with E-state index >= 15 is 0 Å². The molecule has 0 aliphatic heterocycles. The molecule has 3 rings (SSSR count). The van der Waals surface area contributed by atoms with Gasteiger partial charge in [-0.2, -0.15) is 0 Å². The van der Waals surface area contributed by atoms with E-state index in [1.54, 1.807) is 36.4 Å². The van der Waals surface area contributed by atoms with E-state index in [1.165, 1.54) is 12.3 Å². The van der Waals surface area contributed by atoms with Crippen molar-refractivity contribution in [1.82, 2.24) is 10.6 Å². The molecule has 0 unspecified atom stereocenters. The zero-order valence-corrected chi connectivity index (χ0v) is 16.7. The minimum atomic E-state index is -0.390. The highest BCUT2D eigenvalue weighted by Crippen LogP contribution is 2.19. The van der Waals surface area contributed by atoms with Crippen LogP contribution < -0.4 is 10.6 Å². The Balaban J connectivity index is 1.83. The van der Waals surface area contributed by atoms with Gasteiger partial charge in [0.1, 0.15) is 11.5 Å². The van der Waals surface area contributed by atoms with Gasteiger partial charge in [-0.1, -0.05) is 42.0 Å². The van der Waals surface area contributed by atoms with Crippen molar-refractivity contribution in [2.45, 2.75) is 26.8 Å². The SMILES string of the molecule is Cc1ccc(C)c([C@@H](C)NC(=O)/C(=C/c2ccco2)NC(=O)c2ccccc2)c1. The molecule has 1 heterocycles.